The van der Waals surface area contributed by atoms with Crippen LogP contribution >= 0.6 is 0 Å². The number of allylic oxidation sites excluding steroid dienone is 1. The van der Waals surface area contributed by atoms with Crippen LogP contribution in [0.15, 0.2) is 42.5 Å². The van der Waals surface area contributed by atoms with Crippen molar-refractivity contribution in [2.75, 3.05) is 0 Å². The van der Waals surface area contributed by atoms with Gasteiger partial charge in [0, 0.05) is 19.3 Å². The predicted molar refractivity (Wildman–Crippen MR) is 96.7 cm³/mol. The summed E-state index contributed by atoms with van der Waals surface area (Å²) in [6.45, 7) is 0.182. The number of carboxylic acids is 1. The summed E-state index contributed by atoms with van der Waals surface area (Å²) in [7, 11) is 0. The Morgan fingerprint density at radius 3 is 2.15 bits per heavy atom. The maximum atomic E-state index is 11.6. The molecule has 156 valence electrons. The van der Waals surface area contributed by atoms with E-state index in [9.17, 15) is 27.2 Å². The number of aliphatic carboxylic acids is 1. The highest BCUT2D eigenvalue weighted by Gasteiger charge is 2.03. The molecule has 0 unspecified atom stereocenters. The molecule has 0 fully saturated rings. The molecule has 1 aromatic rings. The van der Waals surface area contributed by atoms with Crippen LogP contribution in [0.3, 0.4) is 0 Å². The number of halogens is 4. The Kier molecular flexibility index (Phi) is 20.0. The summed E-state index contributed by atoms with van der Waals surface area (Å²) in [5.41, 5.74) is 0.878. The molecule has 1 N–H and O–H groups in total. The number of benzene rings is 1. The van der Waals surface area contributed by atoms with Crippen LogP contribution in [-0.4, -0.2) is 23.5 Å². The standard InChI is InChI=1S/C12H12F2O2.C5H8F2O2.2CH4/c13-11(14)7-4-8-12(15)16-9-10-5-2-1-3-6-10;6-4(7)2-1-3-5(8)9;;/h1-3,5-7H,4,8-9H2;4H,1-3H2,(H,8,9);2*1H4. The van der Waals surface area contributed by atoms with Crippen molar-refractivity contribution < 1.29 is 37.0 Å². The minimum absolute atomic E-state index is 0. The van der Waals surface area contributed by atoms with E-state index in [1.54, 1.807) is 0 Å². The number of hydrogen-bond donors (Lipinski definition) is 1. The molecular formula is C19H28F4O4. The lowest BCUT2D eigenvalue weighted by molar-refractivity contribution is -0.145. The number of carboxylic acid groups (broad SMARTS) is 1. The van der Waals surface area contributed by atoms with Gasteiger partial charge in [0.05, 0.1) is 0 Å². The first kappa shape index (κ1) is 29.4. The Hall–Kier alpha value is -2.38. The van der Waals surface area contributed by atoms with Gasteiger partial charge in [0.1, 0.15) is 6.61 Å². The third kappa shape index (κ3) is 21.6. The Bertz CT molecular complexity index is 530. The van der Waals surface area contributed by atoms with E-state index >= 15 is 0 Å². The lowest BCUT2D eigenvalue weighted by atomic mass is 10.2. The molecule has 0 aliphatic rings. The van der Waals surface area contributed by atoms with E-state index in [-0.39, 0.29) is 53.6 Å². The fourth-order valence-corrected chi connectivity index (χ4v) is 1.52. The van der Waals surface area contributed by atoms with Gasteiger partial charge in [-0.1, -0.05) is 45.2 Å². The minimum Gasteiger partial charge on any atom is -0.481 e. The molecule has 0 amide bonds. The molecule has 0 saturated heterocycles. The third-order valence-corrected chi connectivity index (χ3v) is 2.70. The maximum absolute atomic E-state index is 11.6. The highest BCUT2D eigenvalue weighted by Crippen LogP contribution is 2.06. The Morgan fingerprint density at radius 2 is 1.67 bits per heavy atom. The van der Waals surface area contributed by atoms with Crippen LogP contribution in [0.5, 0.6) is 0 Å². The van der Waals surface area contributed by atoms with Crippen molar-refractivity contribution in [3.8, 4) is 0 Å². The van der Waals surface area contributed by atoms with Crippen molar-refractivity contribution >= 4 is 11.9 Å². The normalized spacial score (nSPS) is 9.07. The summed E-state index contributed by atoms with van der Waals surface area (Å²) in [4.78, 5) is 20.8. The summed E-state index contributed by atoms with van der Waals surface area (Å²) >= 11 is 0. The van der Waals surface area contributed by atoms with Crippen molar-refractivity contribution in [2.24, 2.45) is 0 Å². The first-order valence-corrected chi connectivity index (χ1v) is 7.52. The Labute approximate surface area is 157 Å². The number of carbonyl (C=O) groups is 2. The van der Waals surface area contributed by atoms with Crippen LogP contribution in [-0.2, 0) is 20.9 Å². The number of carbonyl (C=O) groups excluding carboxylic acids is 1. The molecule has 0 heterocycles. The van der Waals surface area contributed by atoms with Gasteiger partial charge in [0.25, 0.3) is 6.08 Å². The summed E-state index contributed by atoms with van der Waals surface area (Å²) in [6, 6.07) is 9.19. The van der Waals surface area contributed by atoms with E-state index in [1.807, 2.05) is 30.3 Å². The molecule has 4 nitrogen and oxygen atoms in total. The Balaban J connectivity index is -0.000000456. The average Bonchev–Trinajstić information content (AvgIpc) is 2.53. The van der Waals surface area contributed by atoms with Crippen LogP contribution in [0.4, 0.5) is 17.6 Å². The molecule has 8 heteroatoms. The molecule has 0 aromatic heterocycles. The van der Waals surface area contributed by atoms with Crippen LogP contribution in [0.25, 0.3) is 0 Å². The van der Waals surface area contributed by atoms with Crippen LogP contribution in [0.1, 0.15) is 52.5 Å². The quantitative estimate of drug-likeness (QED) is 0.406. The highest BCUT2D eigenvalue weighted by atomic mass is 19.3. The molecule has 0 radical (unpaired) electrons. The fraction of sp³-hybridized carbons (Fsp3) is 0.474. The van der Waals surface area contributed by atoms with Gasteiger partial charge in [-0.15, -0.1) is 0 Å². The average molecular weight is 396 g/mol. The molecule has 1 aromatic carbocycles. The first-order chi connectivity index (χ1) is 11.8. The van der Waals surface area contributed by atoms with Crippen molar-refractivity contribution in [1.82, 2.24) is 0 Å². The zero-order valence-electron chi connectivity index (χ0n) is 13.5. The van der Waals surface area contributed by atoms with E-state index in [1.165, 1.54) is 0 Å². The monoisotopic (exact) mass is 396 g/mol. The minimum atomic E-state index is -2.37. The SMILES string of the molecule is C.C.O=C(CCC=C(F)F)OCc1ccccc1.O=C(O)CCCC(F)F. The van der Waals surface area contributed by atoms with Gasteiger partial charge in [-0.3, -0.25) is 9.59 Å². The van der Waals surface area contributed by atoms with Crippen molar-refractivity contribution in [2.45, 2.75) is 60.0 Å². The van der Waals surface area contributed by atoms with Crippen LogP contribution in [0, 0.1) is 0 Å². The lowest BCUT2D eigenvalue weighted by Gasteiger charge is -2.03. The van der Waals surface area contributed by atoms with E-state index < -0.39 is 24.4 Å². The van der Waals surface area contributed by atoms with Crippen molar-refractivity contribution in [3.63, 3.8) is 0 Å². The third-order valence-electron chi connectivity index (χ3n) is 2.70. The second-order valence-electron chi connectivity index (χ2n) is 4.86. The van der Waals surface area contributed by atoms with Crippen LogP contribution in [0.2, 0.25) is 0 Å². The summed E-state index contributed by atoms with van der Waals surface area (Å²) in [6.07, 6.45) is -3.85. The van der Waals surface area contributed by atoms with Gasteiger partial charge < -0.3 is 9.84 Å². The predicted octanol–water partition coefficient (Wildman–Crippen LogP) is 6.07. The van der Waals surface area contributed by atoms with Crippen LogP contribution < -0.4 is 0 Å². The van der Waals surface area contributed by atoms with E-state index in [2.05, 4.69) is 0 Å². The van der Waals surface area contributed by atoms with Crippen molar-refractivity contribution in [3.05, 3.63) is 48.1 Å². The zero-order chi connectivity index (χ0) is 19.1. The number of hydrogen-bond acceptors (Lipinski definition) is 3. The first-order valence-electron chi connectivity index (χ1n) is 7.52. The molecule has 1 rings (SSSR count). The van der Waals surface area contributed by atoms with Gasteiger partial charge in [-0.05, 0) is 24.5 Å². The highest BCUT2D eigenvalue weighted by molar-refractivity contribution is 5.69. The second-order valence-corrected chi connectivity index (χ2v) is 4.86. The molecule has 0 bridgehead atoms. The molecular weight excluding hydrogens is 368 g/mol. The molecule has 0 saturated carbocycles. The summed E-state index contributed by atoms with van der Waals surface area (Å²) < 4.78 is 50.8. The molecule has 0 aliphatic heterocycles. The van der Waals surface area contributed by atoms with Gasteiger partial charge >= 0.3 is 11.9 Å². The number of esters is 1. The van der Waals surface area contributed by atoms with Gasteiger partial charge in [-0.25, -0.2) is 8.78 Å². The molecule has 0 aliphatic carbocycles. The zero-order valence-corrected chi connectivity index (χ0v) is 13.5. The van der Waals surface area contributed by atoms with Crippen molar-refractivity contribution in [1.29, 1.82) is 0 Å². The number of ether oxygens (including phenoxy) is 1. The molecule has 0 spiro atoms. The van der Waals surface area contributed by atoms with E-state index in [0.29, 0.717) is 6.08 Å². The van der Waals surface area contributed by atoms with Gasteiger partial charge in [0.2, 0.25) is 6.43 Å². The molecule has 0 atom stereocenters. The maximum Gasteiger partial charge on any atom is 0.306 e. The summed E-state index contributed by atoms with van der Waals surface area (Å²) in [5.74, 6) is -1.49. The largest absolute Gasteiger partial charge is 0.481 e. The van der Waals surface area contributed by atoms with E-state index in [4.69, 9.17) is 9.84 Å². The lowest BCUT2D eigenvalue weighted by Crippen LogP contribution is -2.03. The molecule has 27 heavy (non-hydrogen) atoms. The second kappa shape index (κ2) is 18.4. The van der Waals surface area contributed by atoms with E-state index in [0.717, 1.165) is 5.56 Å². The Morgan fingerprint density at radius 1 is 1.07 bits per heavy atom. The van der Waals surface area contributed by atoms with Gasteiger partial charge in [0.15, 0.2) is 0 Å². The topological polar surface area (TPSA) is 63.6 Å². The smallest absolute Gasteiger partial charge is 0.306 e. The fourth-order valence-electron chi connectivity index (χ4n) is 1.52. The van der Waals surface area contributed by atoms with Gasteiger partial charge in [-0.2, -0.15) is 8.78 Å². The summed E-state index contributed by atoms with van der Waals surface area (Å²) in [5, 5.41) is 7.98. The number of alkyl halides is 2. The number of rotatable bonds is 9.